The van der Waals surface area contributed by atoms with E-state index in [0.29, 0.717) is 43.3 Å². The van der Waals surface area contributed by atoms with Crippen LogP contribution in [-0.2, 0) is 26.1 Å². The molecule has 3 aromatic rings. The Balaban J connectivity index is 1.30. The first kappa shape index (κ1) is 26.2. The first-order valence-electron chi connectivity index (χ1n) is 13.0. The molecule has 0 radical (unpaired) electrons. The molecular weight excluding hydrogens is 481 g/mol. The zero-order valence-electron chi connectivity index (χ0n) is 22.7. The number of amides is 1. The van der Waals surface area contributed by atoms with Crippen LogP contribution in [0.3, 0.4) is 0 Å². The van der Waals surface area contributed by atoms with Crippen LogP contribution in [0.25, 0.3) is 5.70 Å². The number of cyclic esters (lactones) is 1. The Labute approximate surface area is 224 Å². The SMILES string of the molecule is C=C(c1ccc(B2OC(C)(C)C(C)(C)O2)cc1)N1CC[C@](CCc2nnc(C)o2)(c2ccccc2)OC1=O. The van der Waals surface area contributed by atoms with Gasteiger partial charge in [-0.2, -0.15) is 0 Å². The molecule has 2 aliphatic heterocycles. The molecule has 198 valence electrons. The molecule has 9 heteroatoms. The van der Waals surface area contributed by atoms with Crippen molar-refractivity contribution >= 4 is 24.4 Å². The van der Waals surface area contributed by atoms with Gasteiger partial charge in [-0.3, -0.25) is 4.90 Å². The highest BCUT2D eigenvalue weighted by atomic mass is 16.7. The lowest BCUT2D eigenvalue weighted by molar-refractivity contribution is -0.0472. The molecule has 0 aliphatic carbocycles. The van der Waals surface area contributed by atoms with Crippen LogP contribution in [-0.4, -0.2) is 46.1 Å². The molecule has 8 nitrogen and oxygen atoms in total. The van der Waals surface area contributed by atoms with E-state index in [4.69, 9.17) is 18.5 Å². The number of hydrogen-bond donors (Lipinski definition) is 0. The van der Waals surface area contributed by atoms with Gasteiger partial charge in [0, 0.05) is 38.4 Å². The first-order chi connectivity index (χ1) is 18.0. The average Bonchev–Trinajstić information content (AvgIpc) is 3.41. The number of nitrogens with zero attached hydrogens (tertiary/aromatic N) is 3. The molecule has 0 unspecified atom stereocenters. The minimum atomic E-state index is -0.794. The van der Waals surface area contributed by atoms with Crippen LogP contribution < -0.4 is 5.46 Å². The van der Waals surface area contributed by atoms with Crippen LogP contribution in [0, 0.1) is 6.92 Å². The van der Waals surface area contributed by atoms with Crippen molar-refractivity contribution in [1.29, 1.82) is 0 Å². The summed E-state index contributed by atoms with van der Waals surface area (Å²) >= 11 is 0. The molecule has 2 saturated heterocycles. The second kappa shape index (κ2) is 9.71. The smallest absolute Gasteiger partial charge is 0.438 e. The molecule has 1 aromatic heterocycles. The van der Waals surface area contributed by atoms with Gasteiger partial charge in [-0.15, -0.1) is 10.2 Å². The van der Waals surface area contributed by atoms with E-state index in [1.165, 1.54) is 0 Å². The second-order valence-electron chi connectivity index (χ2n) is 11.0. The summed E-state index contributed by atoms with van der Waals surface area (Å²) in [5, 5.41) is 8.02. The lowest BCUT2D eigenvalue weighted by atomic mass is 9.78. The van der Waals surface area contributed by atoms with Crippen molar-refractivity contribution in [1.82, 2.24) is 15.1 Å². The summed E-state index contributed by atoms with van der Waals surface area (Å²) in [6.45, 7) is 14.6. The normalized spacial score (nSPS) is 22.4. The minimum absolute atomic E-state index is 0.412. The molecule has 1 amide bonds. The topological polar surface area (TPSA) is 86.9 Å². The lowest BCUT2D eigenvalue weighted by Gasteiger charge is -2.42. The van der Waals surface area contributed by atoms with Crippen molar-refractivity contribution in [3.05, 3.63) is 84.1 Å². The number of ether oxygens (including phenoxy) is 1. The Hall–Kier alpha value is -3.43. The van der Waals surface area contributed by atoms with Crippen LogP contribution >= 0.6 is 0 Å². The molecule has 0 N–H and O–H groups in total. The molecule has 3 heterocycles. The average molecular weight is 515 g/mol. The van der Waals surface area contributed by atoms with Gasteiger partial charge in [0.15, 0.2) is 0 Å². The highest BCUT2D eigenvalue weighted by Crippen LogP contribution is 2.40. The summed E-state index contributed by atoms with van der Waals surface area (Å²) < 4.78 is 24.1. The van der Waals surface area contributed by atoms with Crippen molar-refractivity contribution in [3.8, 4) is 0 Å². The quantitative estimate of drug-likeness (QED) is 0.409. The van der Waals surface area contributed by atoms with Gasteiger partial charge in [0.05, 0.1) is 11.2 Å². The zero-order valence-corrected chi connectivity index (χ0v) is 22.7. The van der Waals surface area contributed by atoms with Crippen LogP contribution in [0.2, 0.25) is 0 Å². The molecule has 2 aliphatic rings. The van der Waals surface area contributed by atoms with E-state index in [1.54, 1.807) is 11.8 Å². The fourth-order valence-corrected chi connectivity index (χ4v) is 4.88. The summed E-state index contributed by atoms with van der Waals surface area (Å²) in [4.78, 5) is 15.0. The number of carbonyl (C=O) groups is 1. The van der Waals surface area contributed by atoms with Crippen molar-refractivity contribution in [2.75, 3.05) is 6.54 Å². The molecule has 5 rings (SSSR count). The third-order valence-electron chi connectivity index (χ3n) is 7.95. The Morgan fingerprint density at radius 2 is 1.66 bits per heavy atom. The first-order valence-corrected chi connectivity index (χ1v) is 13.0. The largest absolute Gasteiger partial charge is 0.494 e. The fourth-order valence-electron chi connectivity index (χ4n) is 4.88. The maximum atomic E-state index is 13.4. The summed E-state index contributed by atoms with van der Waals surface area (Å²) in [6, 6.07) is 17.6. The van der Waals surface area contributed by atoms with E-state index >= 15 is 0 Å². The fraction of sp³-hybridized carbons (Fsp3) is 0.414. The number of aryl methyl sites for hydroxylation is 2. The maximum Gasteiger partial charge on any atom is 0.494 e. The van der Waals surface area contributed by atoms with Crippen LogP contribution in [0.1, 0.15) is 63.4 Å². The number of hydrogen-bond acceptors (Lipinski definition) is 7. The number of carbonyl (C=O) groups excluding carboxylic acids is 1. The van der Waals surface area contributed by atoms with Gasteiger partial charge in [-0.05, 0) is 44.3 Å². The Morgan fingerprint density at radius 3 is 2.24 bits per heavy atom. The Morgan fingerprint density at radius 1 is 1.00 bits per heavy atom. The zero-order chi connectivity index (χ0) is 27.1. The van der Waals surface area contributed by atoms with Crippen LogP contribution in [0.5, 0.6) is 0 Å². The second-order valence-corrected chi connectivity index (χ2v) is 11.0. The minimum Gasteiger partial charge on any atom is -0.438 e. The number of benzene rings is 2. The van der Waals surface area contributed by atoms with E-state index in [0.717, 1.165) is 16.6 Å². The van der Waals surface area contributed by atoms with Gasteiger partial charge in [-0.1, -0.05) is 61.2 Å². The van der Waals surface area contributed by atoms with Gasteiger partial charge in [0.25, 0.3) is 0 Å². The maximum absolute atomic E-state index is 13.4. The van der Waals surface area contributed by atoms with E-state index in [2.05, 4.69) is 16.8 Å². The van der Waals surface area contributed by atoms with Gasteiger partial charge in [-0.25, -0.2) is 4.79 Å². The van der Waals surface area contributed by atoms with E-state index < -0.39 is 30.0 Å². The predicted octanol–water partition coefficient (Wildman–Crippen LogP) is 5.02. The Kier molecular flexibility index (Phi) is 6.69. The third-order valence-corrected chi connectivity index (χ3v) is 7.95. The predicted molar refractivity (Wildman–Crippen MR) is 144 cm³/mol. The highest BCUT2D eigenvalue weighted by molar-refractivity contribution is 6.62. The van der Waals surface area contributed by atoms with Crippen molar-refractivity contribution in [2.45, 2.75) is 70.7 Å². The van der Waals surface area contributed by atoms with Crippen LogP contribution in [0.4, 0.5) is 4.79 Å². The van der Waals surface area contributed by atoms with Crippen molar-refractivity contribution in [3.63, 3.8) is 0 Å². The molecule has 0 saturated carbocycles. The Bertz CT molecular complexity index is 1310. The van der Waals surface area contributed by atoms with E-state index in [9.17, 15) is 4.79 Å². The summed E-state index contributed by atoms with van der Waals surface area (Å²) in [5.41, 5.74) is 1.66. The molecule has 2 aromatic carbocycles. The molecule has 0 bridgehead atoms. The van der Waals surface area contributed by atoms with Crippen LogP contribution in [0.15, 0.2) is 65.6 Å². The standard InChI is InChI=1S/C29H34BN3O5/c1-20(22-12-14-24(15-13-22)30-37-27(3,4)28(5,6)38-30)33-19-18-29(36-26(33)34,23-10-8-7-9-11-23)17-16-25-32-31-21(2)35-25/h7-15H,1,16-19H2,2-6H3/t29-/m1/s1. The van der Waals surface area contributed by atoms with E-state index in [1.807, 2.05) is 82.3 Å². The molecule has 38 heavy (non-hydrogen) atoms. The summed E-state index contributed by atoms with van der Waals surface area (Å²) in [5.74, 6) is 1.05. The molecular formula is C29H34BN3O5. The summed E-state index contributed by atoms with van der Waals surface area (Å²) in [7, 11) is -0.448. The van der Waals surface area contributed by atoms with Crippen molar-refractivity contribution in [2.24, 2.45) is 0 Å². The van der Waals surface area contributed by atoms with Gasteiger partial charge in [0.2, 0.25) is 11.8 Å². The highest BCUT2D eigenvalue weighted by Gasteiger charge is 2.51. The molecule has 0 spiro atoms. The number of aromatic nitrogens is 2. The van der Waals surface area contributed by atoms with Gasteiger partial charge in [0.1, 0.15) is 5.60 Å². The molecule has 2 fully saturated rings. The van der Waals surface area contributed by atoms with Gasteiger partial charge >= 0.3 is 13.2 Å². The lowest BCUT2D eigenvalue weighted by Crippen LogP contribution is -2.47. The molecule has 1 atom stereocenters. The van der Waals surface area contributed by atoms with E-state index in [-0.39, 0.29) is 0 Å². The van der Waals surface area contributed by atoms with Crippen molar-refractivity contribution < 1.29 is 23.3 Å². The third kappa shape index (κ3) is 4.88. The van der Waals surface area contributed by atoms with Gasteiger partial charge < -0.3 is 18.5 Å². The summed E-state index contributed by atoms with van der Waals surface area (Å²) in [6.07, 6.45) is 1.21. The monoisotopic (exact) mass is 515 g/mol. The number of rotatable bonds is 7.